The topological polar surface area (TPSA) is 30.0 Å². The first kappa shape index (κ1) is 9.87. The molecule has 0 spiro atoms. The summed E-state index contributed by atoms with van der Waals surface area (Å²) in [5, 5.41) is 0.388. The van der Waals surface area contributed by atoms with Crippen molar-refractivity contribution in [3.8, 4) is 11.3 Å². The van der Waals surface area contributed by atoms with E-state index in [4.69, 9.17) is 11.6 Å². The maximum atomic E-state index is 10.8. The van der Waals surface area contributed by atoms with E-state index in [-0.39, 0.29) is 0 Å². The monoisotopic (exact) mass is 217 g/mol. The van der Waals surface area contributed by atoms with E-state index in [0.29, 0.717) is 16.4 Å². The Kier molecular flexibility index (Phi) is 2.79. The molecule has 0 amide bonds. The van der Waals surface area contributed by atoms with E-state index in [0.717, 1.165) is 11.8 Å². The molecule has 0 N–H and O–H groups in total. The molecule has 3 heteroatoms. The number of nitrogens with zero attached hydrogens (tertiary/aromatic N) is 1. The fourth-order valence-corrected chi connectivity index (χ4v) is 1.52. The standard InChI is InChI=1S/C12H8ClNO/c13-11-7-6-10(8-15)12(14-11)9-4-2-1-3-5-9/h1-8H. The van der Waals surface area contributed by atoms with E-state index in [2.05, 4.69) is 4.98 Å². The molecule has 0 saturated carbocycles. The van der Waals surface area contributed by atoms with Crippen molar-refractivity contribution in [2.75, 3.05) is 0 Å². The molecule has 0 aliphatic heterocycles. The van der Waals surface area contributed by atoms with Crippen LogP contribution in [0.1, 0.15) is 10.4 Å². The molecular weight excluding hydrogens is 210 g/mol. The lowest BCUT2D eigenvalue weighted by atomic mass is 10.1. The van der Waals surface area contributed by atoms with Crippen LogP contribution in [0.25, 0.3) is 11.3 Å². The average molecular weight is 218 g/mol. The van der Waals surface area contributed by atoms with Crippen LogP contribution in [0.4, 0.5) is 0 Å². The minimum atomic E-state index is 0.388. The van der Waals surface area contributed by atoms with Gasteiger partial charge >= 0.3 is 0 Å². The quantitative estimate of drug-likeness (QED) is 0.571. The SMILES string of the molecule is O=Cc1ccc(Cl)nc1-c1ccccc1. The first-order chi connectivity index (χ1) is 7.31. The number of rotatable bonds is 2. The summed E-state index contributed by atoms with van der Waals surface area (Å²) in [6, 6.07) is 12.8. The van der Waals surface area contributed by atoms with Crippen LogP contribution in [-0.4, -0.2) is 11.3 Å². The average Bonchev–Trinajstić information content (AvgIpc) is 2.30. The summed E-state index contributed by atoms with van der Waals surface area (Å²) >= 11 is 5.80. The van der Waals surface area contributed by atoms with Gasteiger partial charge in [0, 0.05) is 11.1 Å². The summed E-state index contributed by atoms with van der Waals surface area (Å²) in [5.74, 6) is 0. The van der Waals surface area contributed by atoms with Crippen molar-refractivity contribution in [1.82, 2.24) is 4.98 Å². The van der Waals surface area contributed by atoms with Crippen molar-refractivity contribution in [3.05, 3.63) is 53.2 Å². The summed E-state index contributed by atoms with van der Waals surface area (Å²) in [5.41, 5.74) is 2.06. The molecule has 74 valence electrons. The summed E-state index contributed by atoms with van der Waals surface area (Å²) in [4.78, 5) is 15.0. The predicted octanol–water partition coefficient (Wildman–Crippen LogP) is 3.21. The Bertz CT molecular complexity index is 482. The molecule has 1 aromatic heterocycles. The van der Waals surface area contributed by atoms with E-state index < -0.39 is 0 Å². The number of hydrogen-bond donors (Lipinski definition) is 0. The molecule has 1 aromatic carbocycles. The predicted molar refractivity (Wildman–Crippen MR) is 60.1 cm³/mol. The molecule has 0 unspecified atom stereocenters. The van der Waals surface area contributed by atoms with E-state index in [1.165, 1.54) is 0 Å². The smallest absolute Gasteiger partial charge is 0.152 e. The fourth-order valence-electron chi connectivity index (χ4n) is 1.37. The molecular formula is C12H8ClNO. The van der Waals surface area contributed by atoms with Crippen LogP contribution >= 0.6 is 11.6 Å². The number of benzene rings is 1. The lowest BCUT2D eigenvalue weighted by Crippen LogP contribution is -1.91. The van der Waals surface area contributed by atoms with Crippen LogP contribution in [0.2, 0.25) is 5.15 Å². The van der Waals surface area contributed by atoms with E-state index in [1.807, 2.05) is 30.3 Å². The number of hydrogen-bond acceptors (Lipinski definition) is 2. The Morgan fingerprint density at radius 3 is 2.47 bits per heavy atom. The summed E-state index contributed by atoms with van der Waals surface area (Å²) in [6.45, 7) is 0. The summed E-state index contributed by atoms with van der Waals surface area (Å²) in [7, 11) is 0. The van der Waals surface area contributed by atoms with Gasteiger partial charge in [-0.05, 0) is 12.1 Å². The second-order valence-corrected chi connectivity index (χ2v) is 3.44. The van der Waals surface area contributed by atoms with Crippen LogP contribution in [0.5, 0.6) is 0 Å². The van der Waals surface area contributed by atoms with Crippen molar-refractivity contribution in [3.63, 3.8) is 0 Å². The highest BCUT2D eigenvalue weighted by atomic mass is 35.5. The molecule has 2 nitrogen and oxygen atoms in total. The molecule has 0 atom stereocenters. The van der Waals surface area contributed by atoms with Gasteiger partial charge in [0.15, 0.2) is 6.29 Å². The number of pyridine rings is 1. The van der Waals surface area contributed by atoms with Crippen molar-refractivity contribution in [2.24, 2.45) is 0 Å². The van der Waals surface area contributed by atoms with Gasteiger partial charge in [0.1, 0.15) is 5.15 Å². The van der Waals surface area contributed by atoms with Crippen LogP contribution in [0, 0.1) is 0 Å². The molecule has 1 heterocycles. The van der Waals surface area contributed by atoms with Crippen LogP contribution < -0.4 is 0 Å². The van der Waals surface area contributed by atoms with Gasteiger partial charge < -0.3 is 0 Å². The largest absolute Gasteiger partial charge is 0.298 e. The van der Waals surface area contributed by atoms with Crippen LogP contribution in [-0.2, 0) is 0 Å². The van der Waals surface area contributed by atoms with Gasteiger partial charge in [-0.3, -0.25) is 4.79 Å². The second-order valence-electron chi connectivity index (χ2n) is 3.06. The van der Waals surface area contributed by atoms with E-state index in [1.54, 1.807) is 12.1 Å². The Balaban J connectivity index is 2.61. The zero-order valence-electron chi connectivity index (χ0n) is 7.85. The zero-order valence-corrected chi connectivity index (χ0v) is 8.61. The van der Waals surface area contributed by atoms with Gasteiger partial charge in [-0.2, -0.15) is 0 Å². The minimum absolute atomic E-state index is 0.388. The van der Waals surface area contributed by atoms with Crippen molar-refractivity contribution < 1.29 is 4.79 Å². The highest BCUT2D eigenvalue weighted by Gasteiger charge is 2.06. The lowest BCUT2D eigenvalue weighted by molar-refractivity contribution is 0.112. The normalized spacial score (nSPS) is 9.93. The zero-order chi connectivity index (χ0) is 10.7. The summed E-state index contributed by atoms with van der Waals surface area (Å²) in [6.07, 6.45) is 0.783. The Morgan fingerprint density at radius 2 is 1.80 bits per heavy atom. The van der Waals surface area contributed by atoms with Gasteiger partial charge in [-0.25, -0.2) is 4.98 Å². The Labute approximate surface area is 92.5 Å². The second kappa shape index (κ2) is 4.24. The number of carbonyl (C=O) groups excluding carboxylic acids is 1. The number of halogens is 1. The van der Waals surface area contributed by atoms with Crippen molar-refractivity contribution >= 4 is 17.9 Å². The molecule has 2 aromatic rings. The Morgan fingerprint density at radius 1 is 1.07 bits per heavy atom. The van der Waals surface area contributed by atoms with Gasteiger partial charge in [0.05, 0.1) is 5.69 Å². The third-order valence-electron chi connectivity index (χ3n) is 2.07. The van der Waals surface area contributed by atoms with Gasteiger partial charge in [-0.15, -0.1) is 0 Å². The van der Waals surface area contributed by atoms with E-state index in [9.17, 15) is 4.79 Å². The molecule has 0 aliphatic rings. The molecule has 2 rings (SSSR count). The maximum Gasteiger partial charge on any atom is 0.152 e. The van der Waals surface area contributed by atoms with E-state index >= 15 is 0 Å². The molecule has 0 fully saturated rings. The van der Waals surface area contributed by atoms with Gasteiger partial charge in [0.2, 0.25) is 0 Å². The van der Waals surface area contributed by atoms with Crippen molar-refractivity contribution in [2.45, 2.75) is 0 Å². The molecule has 0 saturated heterocycles. The Hall–Kier alpha value is -1.67. The summed E-state index contributed by atoms with van der Waals surface area (Å²) < 4.78 is 0. The first-order valence-corrected chi connectivity index (χ1v) is 4.86. The molecule has 0 aliphatic carbocycles. The third-order valence-corrected chi connectivity index (χ3v) is 2.28. The minimum Gasteiger partial charge on any atom is -0.298 e. The third kappa shape index (κ3) is 2.05. The van der Waals surface area contributed by atoms with Crippen LogP contribution in [0.15, 0.2) is 42.5 Å². The highest BCUT2D eigenvalue weighted by molar-refractivity contribution is 6.29. The highest BCUT2D eigenvalue weighted by Crippen LogP contribution is 2.21. The van der Waals surface area contributed by atoms with Crippen molar-refractivity contribution in [1.29, 1.82) is 0 Å². The number of aldehydes is 1. The number of carbonyl (C=O) groups is 1. The maximum absolute atomic E-state index is 10.8. The fraction of sp³-hybridized carbons (Fsp3) is 0. The van der Waals surface area contributed by atoms with Gasteiger partial charge in [0.25, 0.3) is 0 Å². The first-order valence-electron chi connectivity index (χ1n) is 4.48. The molecule has 0 radical (unpaired) electrons. The van der Waals surface area contributed by atoms with Crippen LogP contribution in [0.3, 0.4) is 0 Å². The lowest BCUT2D eigenvalue weighted by Gasteiger charge is -2.03. The molecule has 0 bridgehead atoms. The van der Waals surface area contributed by atoms with Gasteiger partial charge in [-0.1, -0.05) is 41.9 Å². The number of aromatic nitrogens is 1. The molecule has 15 heavy (non-hydrogen) atoms.